The third-order valence-corrected chi connectivity index (χ3v) is 4.62. The van der Waals surface area contributed by atoms with E-state index in [0.717, 1.165) is 11.3 Å². The van der Waals surface area contributed by atoms with E-state index in [2.05, 4.69) is 20.7 Å². The second-order valence-corrected chi connectivity index (χ2v) is 7.13. The van der Waals surface area contributed by atoms with Gasteiger partial charge in [0, 0.05) is 30.0 Å². The lowest BCUT2D eigenvalue weighted by Gasteiger charge is -2.09. The molecule has 4 rings (SSSR count). The number of rotatable bonds is 6. The Morgan fingerprint density at radius 1 is 1.00 bits per heavy atom. The molecule has 32 heavy (non-hydrogen) atoms. The van der Waals surface area contributed by atoms with Gasteiger partial charge in [0.15, 0.2) is 0 Å². The molecule has 0 aliphatic carbocycles. The quantitative estimate of drug-likeness (QED) is 0.436. The Balaban J connectivity index is 1.29. The number of ether oxygens (including phenoxy) is 1. The number of hydrogen-bond acceptors (Lipinski definition) is 5. The van der Waals surface area contributed by atoms with Crippen LogP contribution in [0.4, 0.5) is 5.69 Å². The van der Waals surface area contributed by atoms with Crippen molar-refractivity contribution in [2.24, 2.45) is 0 Å². The highest BCUT2D eigenvalue weighted by molar-refractivity contribution is 6.39. The van der Waals surface area contributed by atoms with E-state index in [0.29, 0.717) is 22.3 Å². The molecule has 0 atom stereocenters. The Hall–Kier alpha value is -4.17. The molecule has 0 spiro atoms. The molecule has 9 heteroatoms. The molecule has 0 saturated carbocycles. The van der Waals surface area contributed by atoms with Crippen LogP contribution in [0.2, 0.25) is 5.02 Å². The molecule has 160 valence electrons. The minimum absolute atomic E-state index is 0.202. The van der Waals surface area contributed by atoms with Crippen molar-refractivity contribution in [2.45, 2.75) is 6.54 Å². The van der Waals surface area contributed by atoms with Gasteiger partial charge in [0.1, 0.15) is 5.75 Å². The summed E-state index contributed by atoms with van der Waals surface area (Å²) < 4.78 is 7.31. The van der Waals surface area contributed by atoms with Gasteiger partial charge in [-0.15, -0.1) is 0 Å². The largest absolute Gasteiger partial charge is 0.439 e. The van der Waals surface area contributed by atoms with Crippen molar-refractivity contribution < 1.29 is 14.3 Å². The van der Waals surface area contributed by atoms with Crippen LogP contribution >= 0.6 is 11.6 Å². The fraction of sp³-hybridized carbons (Fsp3) is 0.0435. The van der Waals surface area contributed by atoms with Crippen LogP contribution in [0.15, 0.2) is 85.3 Å². The fourth-order valence-corrected chi connectivity index (χ4v) is 2.94. The van der Waals surface area contributed by atoms with Gasteiger partial charge in [0.25, 0.3) is 0 Å². The van der Waals surface area contributed by atoms with Gasteiger partial charge in [-0.3, -0.25) is 9.59 Å². The number of benzene rings is 2. The van der Waals surface area contributed by atoms with Crippen LogP contribution in [0.3, 0.4) is 0 Å². The maximum absolute atomic E-state index is 12.2. The lowest BCUT2D eigenvalue weighted by Crippen LogP contribution is -2.35. The fourth-order valence-electron chi connectivity index (χ4n) is 2.82. The highest BCUT2D eigenvalue weighted by Crippen LogP contribution is 2.22. The summed E-state index contributed by atoms with van der Waals surface area (Å²) in [5.74, 6) is -0.626. The maximum atomic E-state index is 12.2. The molecule has 2 heterocycles. The summed E-state index contributed by atoms with van der Waals surface area (Å²) in [7, 11) is 0. The van der Waals surface area contributed by atoms with Crippen LogP contribution in [0.25, 0.3) is 5.69 Å². The molecule has 2 N–H and O–H groups in total. The standard InChI is InChI=1S/C23H18ClN5O3/c24-17-5-8-20(9-6-17)32-21-10-7-18(15-25-21)28-23(31)22(30)26-14-16-3-1-4-19(13-16)29-12-2-11-27-29/h1-13,15H,14H2,(H,26,30)(H,28,31). The zero-order chi connectivity index (χ0) is 22.3. The minimum Gasteiger partial charge on any atom is -0.439 e. The summed E-state index contributed by atoms with van der Waals surface area (Å²) in [6.07, 6.45) is 4.92. The summed E-state index contributed by atoms with van der Waals surface area (Å²) in [6, 6.07) is 19.3. The summed E-state index contributed by atoms with van der Waals surface area (Å²) >= 11 is 5.85. The van der Waals surface area contributed by atoms with Gasteiger partial charge in [-0.05, 0) is 54.1 Å². The first-order valence-electron chi connectivity index (χ1n) is 9.64. The Kier molecular flexibility index (Phi) is 6.43. The second-order valence-electron chi connectivity index (χ2n) is 6.70. The van der Waals surface area contributed by atoms with Crippen molar-refractivity contribution in [3.8, 4) is 17.3 Å². The molecular weight excluding hydrogens is 430 g/mol. The Labute approximate surface area is 188 Å². The van der Waals surface area contributed by atoms with Crippen molar-refractivity contribution in [3.63, 3.8) is 0 Å². The molecule has 4 aromatic rings. The van der Waals surface area contributed by atoms with E-state index in [4.69, 9.17) is 16.3 Å². The molecule has 0 fully saturated rings. The summed E-state index contributed by atoms with van der Waals surface area (Å²) in [4.78, 5) is 28.5. The third kappa shape index (κ3) is 5.50. The number of halogens is 1. The predicted molar refractivity (Wildman–Crippen MR) is 120 cm³/mol. The maximum Gasteiger partial charge on any atom is 0.313 e. The average Bonchev–Trinajstić information content (AvgIpc) is 3.35. The molecule has 0 radical (unpaired) electrons. The van der Waals surface area contributed by atoms with Gasteiger partial charge < -0.3 is 15.4 Å². The molecule has 0 bridgehead atoms. The highest BCUT2D eigenvalue weighted by atomic mass is 35.5. The van der Waals surface area contributed by atoms with Crippen LogP contribution in [0, 0.1) is 0 Å². The number of pyridine rings is 1. The number of carbonyl (C=O) groups is 2. The smallest absolute Gasteiger partial charge is 0.313 e. The predicted octanol–water partition coefficient (Wildman–Crippen LogP) is 3.97. The summed E-state index contributed by atoms with van der Waals surface area (Å²) in [5.41, 5.74) is 2.07. The van der Waals surface area contributed by atoms with Crippen LogP contribution in [0.1, 0.15) is 5.56 Å². The zero-order valence-corrected chi connectivity index (χ0v) is 17.5. The molecule has 2 aromatic carbocycles. The molecule has 0 aliphatic rings. The lowest BCUT2D eigenvalue weighted by molar-refractivity contribution is -0.136. The van der Waals surface area contributed by atoms with Crippen molar-refractivity contribution >= 4 is 29.1 Å². The molecule has 2 amide bonds. The number of hydrogen-bond donors (Lipinski definition) is 2. The van der Waals surface area contributed by atoms with Crippen LogP contribution in [-0.4, -0.2) is 26.6 Å². The number of carbonyl (C=O) groups excluding carboxylic acids is 2. The first kappa shape index (κ1) is 21.1. The van der Waals surface area contributed by atoms with Crippen molar-refractivity contribution in [1.29, 1.82) is 0 Å². The van der Waals surface area contributed by atoms with E-state index < -0.39 is 11.8 Å². The number of aromatic nitrogens is 3. The average molecular weight is 448 g/mol. The second kappa shape index (κ2) is 9.76. The zero-order valence-electron chi connectivity index (χ0n) is 16.7. The van der Waals surface area contributed by atoms with Crippen molar-refractivity contribution in [1.82, 2.24) is 20.1 Å². The summed E-state index contributed by atoms with van der Waals surface area (Å²) in [6.45, 7) is 0.202. The molecule has 0 aliphatic heterocycles. The molecular formula is C23H18ClN5O3. The van der Waals surface area contributed by atoms with Gasteiger partial charge in [-0.2, -0.15) is 5.10 Å². The van der Waals surface area contributed by atoms with E-state index in [1.165, 1.54) is 6.20 Å². The molecule has 8 nitrogen and oxygen atoms in total. The van der Waals surface area contributed by atoms with Gasteiger partial charge in [0.2, 0.25) is 5.88 Å². The minimum atomic E-state index is -0.790. The van der Waals surface area contributed by atoms with Crippen LogP contribution in [-0.2, 0) is 16.1 Å². The van der Waals surface area contributed by atoms with Crippen LogP contribution in [0.5, 0.6) is 11.6 Å². The summed E-state index contributed by atoms with van der Waals surface area (Å²) in [5, 5.41) is 9.89. The van der Waals surface area contributed by atoms with Gasteiger partial charge in [-0.1, -0.05) is 23.7 Å². The highest BCUT2D eigenvalue weighted by Gasteiger charge is 2.14. The number of anilines is 1. The Bertz CT molecular complexity index is 1210. The van der Waals surface area contributed by atoms with Gasteiger partial charge in [-0.25, -0.2) is 9.67 Å². The van der Waals surface area contributed by atoms with E-state index in [9.17, 15) is 9.59 Å². The first-order valence-corrected chi connectivity index (χ1v) is 10.0. The lowest BCUT2D eigenvalue weighted by atomic mass is 10.2. The van der Waals surface area contributed by atoms with Crippen molar-refractivity contribution in [3.05, 3.63) is 95.9 Å². The van der Waals surface area contributed by atoms with E-state index in [-0.39, 0.29) is 6.54 Å². The molecule has 0 saturated heterocycles. The van der Waals surface area contributed by atoms with Crippen molar-refractivity contribution in [2.75, 3.05) is 5.32 Å². The number of nitrogens with one attached hydrogen (secondary N) is 2. The van der Waals surface area contributed by atoms with E-state index >= 15 is 0 Å². The monoisotopic (exact) mass is 447 g/mol. The van der Waals surface area contributed by atoms with Crippen LogP contribution < -0.4 is 15.4 Å². The number of amides is 2. The molecule has 2 aromatic heterocycles. The third-order valence-electron chi connectivity index (χ3n) is 4.37. The topological polar surface area (TPSA) is 98.1 Å². The van der Waals surface area contributed by atoms with E-state index in [1.807, 2.05) is 36.5 Å². The van der Waals surface area contributed by atoms with Gasteiger partial charge >= 0.3 is 11.8 Å². The van der Waals surface area contributed by atoms with Gasteiger partial charge in [0.05, 0.1) is 17.6 Å². The van der Waals surface area contributed by atoms with E-state index in [1.54, 1.807) is 47.3 Å². The Morgan fingerprint density at radius 3 is 2.56 bits per heavy atom. The normalized spacial score (nSPS) is 10.4. The molecule has 0 unspecified atom stereocenters. The Morgan fingerprint density at radius 2 is 1.84 bits per heavy atom. The number of nitrogens with zero attached hydrogens (tertiary/aromatic N) is 3. The SMILES string of the molecule is O=C(NCc1cccc(-n2cccn2)c1)C(=O)Nc1ccc(Oc2ccc(Cl)cc2)nc1. The first-order chi connectivity index (χ1) is 15.6.